The van der Waals surface area contributed by atoms with E-state index in [1.807, 2.05) is 35.2 Å². The van der Waals surface area contributed by atoms with Gasteiger partial charge in [-0.05, 0) is 18.9 Å². The van der Waals surface area contributed by atoms with Crippen molar-refractivity contribution >= 4 is 5.91 Å². The lowest BCUT2D eigenvalue weighted by Gasteiger charge is -2.34. The van der Waals surface area contributed by atoms with Crippen molar-refractivity contribution in [2.24, 2.45) is 5.73 Å². The molecule has 1 amide bonds. The van der Waals surface area contributed by atoms with Gasteiger partial charge in [-0.2, -0.15) is 0 Å². The van der Waals surface area contributed by atoms with E-state index in [1.165, 1.54) is 0 Å². The summed E-state index contributed by atoms with van der Waals surface area (Å²) in [7, 11) is 0. The fraction of sp³-hybridized carbons (Fsp3) is 0.533. The predicted molar refractivity (Wildman–Crippen MR) is 76.6 cm³/mol. The largest absolute Gasteiger partial charge is 0.337 e. The number of nitrogens with one attached hydrogen (secondary N) is 1. The third-order valence-corrected chi connectivity index (χ3v) is 3.72. The Morgan fingerprint density at radius 3 is 2.89 bits per heavy atom. The van der Waals surface area contributed by atoms with Crippen LogP contribution in [0.3, 0.4) is 0 Å². The van der Waals surface area contributed by atoms with Crippen LogP contribution in [-0.4, -0.2) is 36.5 Å². The van der Waals surface area contributed by atoms with Crippen LogP contribution in [-0.2, 0) is 4.79 Å². The number of carbonyl (C=O) groups excluding carboxylic acids is 1. The van der Waals surface area contributed by atoms with Crippen molar-refractivity contribution in [3.8, 4) is 0 Å². The van der Waals surface area contributed by atoms with Crippen molar-refractivity contribution in [1.29, 1.82) is 0 Å². The molecule has 2 rings (SSSR count). The monoisotopic (exact) mass is 261 g/mol. The predicted octanol–water partition coefficient (Wildman–Crippen LogP) is 1.29. The summed E-state index contributed by atoms with van der Waals surface area (Å²) in [4.78, 5) is 14.2. The molecule has 0 bridgehead atoms. The number of piperazine rings is 1. The summed E-state index contributed by atoms with van der Waals surface area (Å²) in [6.45, 7) is 4.67. The van der Waals surface area contributed by atoms with Gasteiger partial charge in [0.2, 0.25) is 5.91 Å². The topological polar surface area (TPSA) is 58.4 Å². The number of hydrogen-bond donors (Lipinski definition) is 2. The molecule has 1 aromatic rings. The van der Waals surface area contributed by atoms with E-state index in [1.54, 1.807) is 0 Å². The van der Waals surface area contributed by atoms with E-state index in [2.05, 4.69) is 12.2 Å². The molecule has 1 saturated heterocycles. The smallest absolute Gasteiger partial charge is 0.222 e. The molecule has 4 nitrogen and oxygen atoms in total. The third-order valence-electron chi connectivity index (χ3n) is 3.72. The average Bonchev–Trinajstić information content (AvgIpc) is 2.46. The van der Waals surface area contributed by atoms with Crippen LogP contribution in [0, 0.1) is 0 Å². The van der Waals surface area contributed by atoms with Gasteiger partial charge in [0.25, 0.3) is 0 Å². The third kappa shape index (κ3) is 3.78. The standard InChI is InChI=1S/C15H23N3O/c1-12-11-17-9-10-18(12)15(19)8-7-14(16)13-5-3-2-4-6-13/h2-6,12,14,17H,7-11,16H2,1H3/t12-,14-/m0/s1. The van der Waals surface area contributed by atoms with Crippen molar-refractivity contribution < 1.29 is 4.79 Å². The first-order valence-corrected chi connectivity index (χ1v) is 6.99. The second kappa shape index (κ2) is 6.68. The lowest BCUT2D eigenvalue weighted by atomic mass is 10.0. The van der Waals surface area contributed by atoms with Gasteiger partial charge in [0.1, 0.15) is 0 Å². The fourth-order valence-electron chi connectivity index (χ4n) is 2.50. The van der Waals surface area contributed by atoms with Crippen LogP contribution in [0.5, 0.6) is 0 Å². The van der Waals surface area contributed by atoms with Crippen LogP contribution >= 0.6 is 0 Å². The van der Waals surface area contributed by atoms with Crippen LogP contribution < -0.4 is 11.1 Å². The average molecular weight is 261 g/mol. The van der Waals surface area contributed by atoms with Gasteiger partial charge < -0.3 is 16.0 Å². The zero-order valence-corrected chi connectivity index (χ0v) is 11.5. The summed E-state index contributed by atoms with van der Waals surface area (Å²) < 4.78 is 0. The number of hydrogen-bond acceptors (Lipinski definition) is 3. The van der Waals surface area contributed by atoms with Gasteiger partial charge in [-0.3, -0.25) is 4.79 Å². The first kappa shape index (κ1) is 14.0. The molecule has 1 aliphatic heterocycles. The van der Waals surface area contributed by atoms with Gasteiger partial charge in [-0.25, -0.2) is 0 Å². The zero-order valence-electron chi connectivity index (χ0n) is 11.5. The number of amides is 1. The minimum absolute atomic E-state index is 0.0524. The van der Waals surface area contributed by atoms with Crippen molar-refractivity contribution in [2.75, 3.05) is 19.6 Å². The highest BCUT2D eigenvalue weighted by molar-refractivity contribution is 5.76. The molecular formula is C15H23N3O. The number of nitrogens with two attached hydrogens (primary N) is 1. The van der Waals surface area contributed by atoms with E-state index in [9.17, 15) is 4.79 Å². The molecular weight excluding hydrogens is 238 g/mol. The second-order valence-electron chi connectivity index (χ2n) is 5.20. The maximum atomic E-state index is 12.2. The Kier molecular flexibility index (Phi) is 4.93. The highest BCUT2D eigenvalue weighted by atomic mass is 16.2. The fourth-order valence-corrected chi connectivity index (χ4v) is 2.50. The Morgan fingerprint density at radius 1 is 1.47 bits per heavy atom. The lowest BCUT2D eigenvalue weighted by molar-refractivity contribution is -0.134. The molecule has 19 heavy (non-hydrogen) atoms. The van der Waals surface area contributed by atoms with Crippen molar-refractivity contribution in [1.82, 2.24) is 10.2 Å². The summed E-state index contributed by atoms with van der Waals surface area (Å²) in [6, 6.07) is 10.2. The van der Waals surface area contributed by atoms with Crippen molar-refractivity contribution in [3.63, 3.8) is 0 Å². The molecule has 3 N–H and O–H groups in total. The van der Waals surface area contributed by atoms with Crippen LogP contribution in [0.1, 0.15) is 31.4 Å². The quantitative estimate of drug-likeness (QED) is 0.858. The molecule has 1 fully saturated rings. The summed E-state index contributed by atoms with van der Waals surface area (Å²) in [5, 5.41) is 3.29. The molecule has 1 aromatic carbocycles. The Labute approximate surface area is 115 Å². The molecule has 0 aromatic heterocycles. The molecule has 0 spiro atoms. The van der Waals surface area contributed by atoms with E-state index >= 15 is 0 Å². The molecule has 104 valence electrons. The minimum Gasteiger partial charge on any atom is -0.337 e. The lowest BCUT2D eigenvalue weighted by Crippen LogP contribution is -2.52. The highest BCUT2D eigenvalue weighted by Crippen LogP contribution is 2.16. The Morgan fingerprint density at radius 2 is 2.21 bits per heavy atom. The van der Waals surface area contributed by atoms with Gasteiger partial charge >= 0.3 is 0 Å². The molecule has 0 unspecified atom stereocenters. The first-order chi connectivity index (χ1) is 9.18. The van der Waals surface area contributed by atoms with Crippen LogP contribution in [0.15, 0.2) is 30.3 Å². The molecule has 0 aliphatic carbocycles. The molecule has 1 heterocycles. The highest BCUT2D eigenvalue weighted by Gasteiger charge is 2.23. The van der Waals surface area contributed by atoms with Gasteiger partial charge in [0, 0.05) is 38.1 Å². The Balaban J connectivity index is 1.83. The normalized spacial score (nSPS) is 21.2. The Bertz CT molecular complexity index is 407. The number of nitrogens with zero attached hydrogens (tertiary/aromatic N) is 1. The van der Waals surface area contributed by atoms with Gasteiger partial charge in [-0.15, -0.1) is 0 Å². The summed E-state index contributed by atoms with van der Waals surface area (Å²) in [5.74, 6) is 0.223. The van der Waals surface area contributed by atoms with E-state index in [0.717, 1.165) is 25.2 Å². The van der Waals surface area contributed by atoms with Gasteiger partial charge in [0.05, 0.1) is 0 Å². The minimum atomic E-state index is -0.0524. The molecule has 1 aliphatic rings. The maximum absolute atomic E-state index is 12.2. The summed E-state index contributed by atoms with van der Waals surface area (Å²) in [6.07, 6.45) is 1.24. The Hall–Kier alpha value is -1.39. The van der Waals surface area contributed by atoms with Crippen LogP contribution in [0.25, 0.3) is 0 Å². The van der Waals surface area contributed by atoms with E-state index in [4.69, 9.17) is 5.73 Å². The summed E-state index contributed by atoms with van der Waals surface area (Å²) in [5.41, 5.74) is 7.23. The number of rotatable bonds is 4. The van der Waals surface area contributed by atoms with Crippen molar-refractivity contribution in [3.05, 3.63) is 35.9 Å². The van der Waals surface area contributed by atoms with E-state index in [-0.39, 0.29) is 18.0 Å². The molecule has 4 heteroatoms. The van der Waals surface area contributed by atoms with Gasteiger partial charge in [-0.1, -0.05) is 30.3 Å². The first-order valence-electron chi connectivity index (χ1n) is 6.99. The van der Waals surface area contributed by atoms with Gasteiger partial charge in [0.15, 0.2) is 0 Å². The summed E-state index contributed by atoms with van der Waals surface area (Å²) >= 11 is 0. The number of carbonyl (C=O) groups is 1. The zero-order chi connectivity index (χ0) is 13.7. The maximum Gasteiger partial charge on any atom is 0.222 e. The van der Waals surface area contributed by atoms with Crippen LogP contribution in [0.4, 0.5) is 0 Å². The van der Waals surface area contributed by atoms with Crippen molar-refractivity contribution in [2.45, 2.75) is 31.8 Å². The van der Waals surface area contributed by atoms with E-state index in [0.29, 0.717) is 12.8 Å². The van der Waals surface area contributed by atoms with Crippen LogP contribution in [0.2, 0.25) is 0 Å². The second-order valence-corrected chi connectivity index (χ2v) is 5.20. The molecule has 2 atom stereocenters. The SMILES string of the molecule is C[C@H]1CNCCN1C(=O)CC[C@H](N)c1ccccc1. The molecule has 0 radical (unpaired) electrons. The molecule has 0 saturated carbocycles. The number of benzene rings is 1. The van der Waals surface area contributed by atoms with E-state index < -0.39 is 0 Å².